The van der Waals surface area contributed by atoms with Gasteiger partial charge in [-0.25, -0.2) is 0 Å². The Bertz CT molecular complexity index is 2610. The van der Waals surface area contributed by atoms with E-state index in [-0.39, 0.29) is 10.9 Å². The summed E-state index contributed by atoms with van der Waals surface area (Å²) < 4.78 is 281. The summed E-state index contributed by atoms with van der Waals surface area (Å²) in [5, 5.41) is 0. The van der Waals surface area contributed by atoms with Gasteiger partial charge < -0.3 is 0 Å². The zero-order valence-electron chi connectivity index (χ0n) is 32.6. The fraction of sp³-hybridized carbons (Fsp3) is 0.0455. The van der Waals surface area contributed by atoms with E-state index in [2.05, 4.69) is 92.7 Å². The molecular formula is C44H19F20GaS. The van der Waals surface area contributed by atoms with E-state index in [1.165, 1.54) is 25.8 Å². The first-order valence-electron chi connectivity index (χ1n) is 18.1. The maximum atomic E-state index is 15.4. The van der Waals surface area contributed by atoms with Crippen molar-refractivity contribution in [1.29, 1.82) is 0 Å². The first-order chi connectivity index (χ1) is 30.9. The Kier molecular flexibility index (Phi) is 14.1. The molecule has 0 saturated carbocycles. The normalized spacial score (nSPS) is 11.6. The van der Waals surface area contributed by atoms with Crippen LogP contribution in [0.15, 0.2) is 93.5 Å². The van der Waals surface area contributed by atoms with Crippen molar-refractivity contribution >= 4 is 42.4 Å². The molecule has 0 nitrogen and oxygen atoms in total. The average molecular weight is 1030 g/mol. The summed E-state index contributed by atoms with van der Waals surface area (Å²) in [7, 11) is -0.0312. The van der Waals surface area contributed by atoms with Crippen LogP contribution >= 0.6 is 0 Å². The molecule has 0 aliphatic heterocycles. The Morgan fingerprint density at radius 1 is 0.242 bits per heavy atom. The molecule has 344 valence electrons. The summed E-state index contributed by atoms with van der Waals surface area (Å²) in [6, 6.07) is 28.6. The number of aryl methyl sites for hydroxylation is 2. The van der Waals surface area contributed by atoms with Crippen LogP contribution in [0, 0.1) is 130 Å². The molecule has 0 aliphatic carbocycles. The predicted molar refractivity (Wildman–Crippen MR) is 200 cm³/mol. The molecule has 0 aliphatic rings. The SMILES string of the molecule is Cc1ccc([S+](c2ccccc2)c2ccc(C)cc2)cc1.Fc1c(F)c(F)[c]([Ga-]([c]2c(F)c(F)c(F)c(F)c2F)([c]2c(F)c(F)c(F)c(F)c2F)[c]2c(F)c(F)c(F)c(F)c2F)c(F)c1F. The Morgan fingerprint density at radius 3 is 0.636 bits per heavy atom. The van der Waals surface area contributed by atoms with Crippen LogP contribution in [0.25, 0.3) is 0 Å². The fourth-order valence-electron chi connectivity index (χ4n) is 7.19. The van der Waals surface area contributed by atoms with Crippen LogP contribution in [0.4, 0.5) is 87.8 Å². The molecule has 0 atom stereocenters. The van der Waals surface area contributed by atoms with Crippen molar-refractivity contribution in [3.05, 3.63) is 206 Å². The van der Waals surface area contributed by atoms with E-state index >= 15 is 35.1 Å². The summed E-state index contributed by atoms with van der Waals surface area (Å²) >= 11 is -9.74. The summed E-state index contributed by atoms with van der Waals surface area (Å²) in [5.41, 5.74) is 2.61. The molecule has 0 saturated heterocycles. The first kappa shape index (κ1) is 49.6. The van der Waals surface area contributed by atoms with Crippen molar-refractivity contribution in [2.24, 2.45) is 0 Å². The zero-order valence-corrected chi connectivity index (χ0v) is 35.8. The third-order valence-electron chi connectivity index (χ3n) is 10.2. The van der Waals surface area contributed by atoms with Gasteiger partial charge in [0.1, 0.15) is 0 Å². The molecular weight excluding hydrogens is 1010 g/mol. The molecule has 7 aromatic carbocycles. The van der Waals surface area contributed by atoms with Crippen LogP contribution in [0.3, 0.4) is 0 Å². The van der Waals surface area contributed by atoms with Crippen molar-refractivity contribution in [2.45, 2.75) is 28.5 Å². The standard InChI is InChI=1S/C20H19S.4C6F5.Ga/c1-16-8-12-19(13-9-16)21(18-6-4-3-5-7-18)20-14-10-17(2)11-15-20;4*7-2-1-3(8)5(10)6(11)4(2)9;/h3-15H,1-2H3;;;;;/q+1;;;;;-1. The molecule has 0 spiro atoms. The third-order valence-corrected chi connectivity index (χ3v) is 24.0. The molecule has 0 fully saturated rings. The van der Waals surface area contributed by atoms with E-state index in [1.54, 1.807) is 0 Å². The van der Waals surface area contributed by atoms with E-state index < -0.39 is 148 Å². The van der Waals surface area contributed by atoms with Crippen LogP contribution in [0.2, 0.25) is 0 Å². The van der Waals surface area contributed by atoms with Crippen LogP contribution < -0.4 is 16.5 Å². The van der Waals surface area contributed by atoms with Gasteiger partial charge in [0.2, 0.25) is 0 Å². The van der Waals surface area contributed by atoms with Crippen LogP contribution in [0.5, 0.6) is 0 Å². The molecule has 0 heterocycles. The second-order valence-corrected chi connectivity index (χ2v) is 24.6. The Hall–Kier alpha value is -5.87. The third kappa shape index (κ3) is 7.99. The van der Waals surface area contributed by atoms with Gasteiger partial charge in [-0.3, -0.25) is 0 Å². The molecule has 7 aromatic rings. The van der Waals surface area contributed by atoms with Crippen molar-refractivity contribution in [2.75, 3.05) is 0 Å². The van der Waals surface area contributed by atoms with Crippen molar-refractivity contribution in [3.8, 4) is 0 Å². The van der Waals surface area contributed by atoms with Crippen LogP contribution in [0.1, 0.15) is 11.1 Å². The van der Waals surface area contributed by atoms with E-state index in [9.17, 15) is 52.7 Å². The Labute approximate surface area is 364 Å². The Balaban J connectivity index is 0.000000284. The number of rotatable bonds is 7. The molecule has 0 N–H and O–H groups in total. The topological polar surface area (TPSA) is 0 Å². The number of halogens is 20. The van der Waals surface area contributed by atoms with Gasteiger partial charge in [0.05, 0.1) is 10.9 Å². The van der Waals surface area contributed by atoms with Gasteiger partial charge in [0.25, 0.3) is 0 Å². The van der Waals surface area contributed by atoms with Crippen LogP contribution in [-0.2, 0) is 10.9 Å². The van der Waals surface area contributed by atoms with Crippen molar-refractivity contribution in [1.82, 2.24) is 0 Å². The first-order valence-corrected chi connectivity index (χ1v) is 24.2. The summed E-state index contributed by atoms with van der Waals surface area (Å²) in [6.07, 6.45) is 0. The van der Waals surface area contributed by atoms with Crippen LogP contribution in [-0.4, -0.2) is 15.0 Å². The zero-order chi connectivity index (χ0) is 49.0. The quantitative estimate of drug-likeness (QED) is 0.0491. The maximum absolute atomic E-state index is 15.4. The molecule has 66 heavy (non-hydrogen) atoms. The van der Waals surface area contributed by atoms with Gasteiger partial charge in [-0.1, -0.05) is 53.6 Å². The average Bonchev–Trinajstić information content (AvgIpc) is 3.30. The minimum absolute atomic E-state index is 0.0312. The van der Waals surface area contributed by atoms with E-state index in [0.29, 0.717) is 0 Å². The van der Waals surface area contributed by atoms with Gasteiger partial charge >= 0.3 is 236 Å². The number of hydrogen-bond donors (Lipinski definition) is 0. The second-order valence-electron chi connectivity index (χ2n) is 14.0. The molecule has 22 heteroatoms. The van der Waals surface area contributed by atoms with Crippen molar-refractivity contribution < 1.29 is 87.8 Å². The Morgan fingerprint density at radius 2 is 0.424 bits per heavy atom. The summed E-state index contributed by atoms with van der Waals surface area (Å²) in [4.78, 5) is 4.11. The van der Waals surface area contributed by atoms with E-state index in [0.717, 1.165) is 0 Å². The van der Waals surface area contributed by atoms with Gasteiger partial charge in [0, 0.05) is 0 Å². The van der Waals surface area contributed by atoms with Gasteiger partial charge in [0.15, 0.2) is 14.7 Å². The van der Waals surface area contributed by atoms with E-state index in [1.807, 2.05) is 0 Å². The molecule has 0 unspecified atom stereocenters. The van der Waals surface area contributed by atoms with E-state index in [4.69, 9.17) is 0 Å². The van der Waals surface area contributed by atoms with Gasteiger partial charge in [-0.05, 0) is 50.2 Å². The minimum atomic E-state index is -9.74. The number of benzene rings is 7. The number of hydrogen-bond acceptors (Lipinski definition) is 0. The molecule has 0 amide bonds. The second kappa shape index (κ2) is 18.8. The molecule has 0 radical (unpaired) electrons. The molecule has 0 bridgehead atoms. The summed E-state index contributed by atoms with van der Waals surface area (Å²) in [5.74, 6) is -70.5. The van der Waals surface area contributed by atoms with Crippen molar-refractivity contribution in [3.63, 3.8) is 0 Å². The molecule has 0 aromatic heterocycles. The molecule has 7 rings (SSSR count). The van der Waals surface area contributed by atoms with Gasteiger partial charge in [-0.15, -0.1) is 0 Å². The van der Waals surface area contributed by atoms with Gasteiger partial charge in [-0.2, -0.15) is 0 Å². The fourth-order valence-corrected chi connectivity index (χ4v) is 21.4. The summed E-state index contributed by atoms with van der Waals surface area (Å²) in [6.45, 7) is 4.27. The predicted octanol–water partition coefficient (Wildman–Crippen LogP) is 11.2. The monoisotopic (exact) mass is 1030 g/mol.